The molecule has 1 N–H and O–H groups in total. The number of nitrogens with one attached hydrogen (secondary N) is 1. The SMILES string of the molecule is O=C(Cn1cc(Cl)ccc1=O)NCc1ccco1. The van der Waals surface area contributed by atoms with Crippen molar-refractivity contribution < 1.29 is 9.21 Å². The standard InChI is InChI=1S/C12H11ClN2O3/c13-9-3-4-12(17)15(7-9)8-11(16)14-6-10-2-1-5-18-10/h1-5,7H,6,8H2,(H,14,16). The summed E-state index contributed by atoms with van der Waals surface area (Å²) in [6, 6.07) is 6.30. The summed E-state index contributed by atoms with van der Waals surface area (Å²) >= 11 is 5.75. The lowest BCUT2D eigenvalue weighted by Gasteiger charge is -2.06. The lowest BCUT2D eigenvalue weighted by atomic mass is 10.4. The van der Waals surface area contributed by atoms with Crippen LogP contribution in [0.1, 0.15) is 5.76 Å². The first-order valence-electron chi connectivity index (χ1n) is 5.30. The molecule has 5 nitrogen and oxygen atoms in total. The highest BCUT2D eigenvalue weighted by Gasteiger charge is 2.05. The first-order valence-corrected chi connectivity index (χ1v) is 5.68. The van der Waals surface area contributed by atoms with Gasteiger partial charge in [0, 0.05) is 12.3 Å². The van der Waals surface area contributed by atoms with Crippen LogP contribution >= 0.6 is 11.6 Å². The van der Waals surface area contributed by atoms with Gasteiger partial charge in [-0.25, -0.2) is 0 Å². The van der Waals surface area contributed by atoms with Gasteiger partial charge in [-0.15, -0.1) is 0 Å². The summed E-state index contributed by atoms with van der Waals surface area (Å²) in [5.41, 5.74) is -0.271. The van der Waals surface area contributed by atoms with Gasteiger partial charge in [0.25, 0.3) is 5.56 Å². The highest BCUT2D eigenvalue weighted by atomic mass is 35.5. The molecule has 0 bridgehead atoms. The fourth-order valence-electron chi connectivity index (χ4n) is 1.44. The molecular formula is C12H11ClN2O3. The number of hydrogen-bond acceptors (Lipinski definition) is 3. The molecule has 0 unspecified atom stereocenters. The van der Waals surface area contributed by atoms with Crippen LogP contribution in [0, 0.1) is 0 Å². The zero-order valence-corrected chi connectivity index (χ0v) is 10.2. The normalized spacial score (nSPS) is 10.3. The summed E-state index contributed by atoms with van der Waals surface area (Å²) in [4.78, 5) is 23.1. The Bertz CT molecular complexity index is 590. The van der Waals surface area contributed by atoms with Crippen LogP contribution in [0.4, 0.5) is 0 Å². The Morgan fingerprint density at radius 1 is 1.39 bits per heavy atom. The largest absolute Gasteiger partial charge is 0.467 e. The maximum absolute atomic E-state index is 11.6. The molecule has 0 aliphatic carbocycles. The molecule has 2 rings (SSSR count). The summed E-state index contributed by atoms with van der Waals surface area (Å²) in [5.74, 6) is 0.373. The van der Waals surface area contributed by atoms with Crippen LogP contribution in [0.15, 0.2) is 45.9 Å². The minimum atomic E-state index is -0.282. The predicted molar refractivity (Wildman–Crippen MR) is 66.3 cm³/mol. The molecule has 0 atom stereocenters. The molecule has 2 aromatic heterocycles. The van der Waals surface area contributed by atoms with Gasteiger partial charge in [0.2, 0.25) is 5.91 Å². The first kappa shape index (κ1) is 12.4. The van der Waals surface area contributed by atoms with Gasteiger partial charge in [0.15, 0.2) is 0 Å². The lowest BCUT2D eigenvalue weighted by molar-refractivity contribution is -0.121. The number of furan rings is 1. The van der Waals surface area contributed by atoms with Crippen LogP contribution in [-0.2, 0) is 17.9 Å². The van der Waals surface area contributed by atoms with Crippen molar-refractivity contribution in [2.24, 2.45) is 0 Å². The number of amides is 1. The van der Waals surface area contributed by atoms with E-state index in [0.29, 0.717) is 17.3 Å². The van der Waals surface area contributed by atoms with Crippen molar-refractivity contribution >= 4 is 17.5 Å². The summed E-state index contributed by atoms with van der Waals surface area (Å²) in [5, 5.41) is 3.06. The molecule has 0 saturated carbocycles. The Morgan fingerprint density at radius 2 is 2.22 bits per heavy atom. The number of hydrogen-bond donors (Lipinski definition) is 1. The number of nitrogens with zero attached hydrogens (tertiary/aromatic N) is 1. The Labute approximate surface area is 108 Å². The molecule has 0 radical (unpaired) electrons. The lowest BCUT2D eigenvalue weighted by Crippen LogP contribution is -2.31. The fourth-order valence-corrected chi connectivity index (χ4v) is 1.62. The summed E-state index contributed by atoms with van der Waals surface area (Å²) in [6.07, 6.45) is 2.96. The number of carbonyl (C=O) groups is 1. The van der Waals surface area contributed by atoms with E-state index in [9.17, 15) is 9.59 Å². The fraction of sp³-hybridized carbons (Fsp3) is 0.167. The minimum Gasteiger partial charge on any atom is -0.467 e. The smallest absolute Gasteiger partial charge is 0.251 e. The number of pyridine rings is 1. The molecule has 0 spiro atoms. The molecule has 0 aliphatic rings. The number of rotatable bonds is 4. The molecule has 0 aromatic carbocycles. The predicted octanol–water partition coefficient (Wildman–Crippen LogP) is 1.41. The molecule has 6 heteroatoms. The summed E-state index contributed by atoms with van der Waals surface area (Å²) < 4.78 is 6.32. The van der Waals surface area contributed by atoms with Crippen LogP contribution in [-0.4, -0.2) is 10.5 Å². The second-order valence-corrected chi connectivity index (χ2v) is 4.11. The van der Waals surface area contributed by atoms with Crippen molar-refractivity contribution in [2.45, 2.75) is 13.1 Å². The quantitative estimate of drug-likeness (QED) is 0.910. The highest BCUT2D eigenvalue weighted by Crippen LogP contribution is 2.03. The van der Waals surface area contributed by atoms with Crippen molar-refractivity contribution in [3.8, 4) is 0 Å². The molecule has 2 aromatic rings. The van der Waals surface area contributed by atoms with E-state index in [1.807, 2.05) is 0 Å². The maximum atomic E-state index is 11.6. The second kappa shape index (κ2) is 5.55. The highest BCUT2D eigenvalue weighted by molar-refractivity contribution is 6.30. The number of carbonyl (C=O) groups excluding carboxylic acids is 1. The van der Waals surface area contributed by atoms with E-state index >= 15 is 0 Å². The van der Waals surface area contributed by atoms with Crippen molar-refractivity contribution in [3.05, 3.63) is 57.9 Å². The molecule has 0 saturated heterocycles. The average Bonchev–Trinajstić information content (AvgIpc) is 2.84. The minimum absolute atomic E-state index is 0.0693. The Hall–Kier alpha value is -2.01. The van der Waals surface area contributed by atoms with Crippen LogP contribution in [0.2, 0.25) is 5.02 Å². The topological polar surface area (TPSA) is 64.2 Å². The van der Waals surface area contributed by atoms with Crippen LogP contribution in [0.5, 0.6) is 0 Å². The van der Waals surface area contributed by atoms with E-state index in [0.717, 1.165) is 0 Å². The Kier molecular flexibility index (Phi) is 3.84. The van der Waals surface area contributed by atoms with E-state index < -0.39 is 0 Å². The molecule has 0 fully saturated rings. The summed E-state index contributed by atoms with van der Waals surface area (Å²) in [6.45, 7) is 0.223. The van der Waals surface area contributed by atoms with Crippen molar-refractivity contribution in [1.29, 1.82) is 0 Å². The van der Waals surface area contributed by atoms with Gasteiger partial charge in [0.1, 0.15) is 12.3 Å². The first-order chi connectivity index (χ1) is 8.65. The monoisotopic (exact) mass is 266 g/mol. The molecule has 94 valence electrons. The number of aromatic nitrogens is 1. The maximum Gasteiger partial charge on any atom is 0.251 e. The molecule has 2 heterocycles. The van der Waals surface area contributed by atoms with E-state index in [2.05, 4.69) is 5.32 Å². The van der Waals surface area contributed by atoms with Gasteiger partial charge in [0.05, 0.1) is 17.8 Å². The van der Waals surface area contributed by atoms with E-state index in [-0.39, 0.29) is 18.0 Å². The average molecular weight is 267 g/mol. The van der Waals surface area contributed by atoms with Crippen LogP contribution in [0.25, 0.3) is 0 Å². The van der Waals surface area contributed by atoms with Crippen LogP contribution in [0.3, 0.4) is 0 Å². The molecular weight excluding hydrogens is 256 g/mol. The zero-order valence-electron chi connectivity index (χ0n) is 9.43. The summed E-state index contributed by atoms with van der Waals surface area (Å²) in [7, 11) is 0. The van der Waals surface area contributed by atoms with E-state index in [1.165, 1.54) is 29.2 Å². The third-order valence-corrected chi connectivity index (χ3v) is 2.52. The van der Waals surface area contributed by atoms with Crippen molar-refractivity contribution in [3.63, 3.8) is 0 Å². The van der Waals surface area contributed by atoms with Gasteiger partial charge in [-0.1, -0.05) is 11.6 Å². The Balaban J connectivity index is 1.95. The van der Waals surface area contributed by atoms with E-state index in [1.54, 1.807) is 12.1 Å². The van der Waals surface area contributed by atoms with Crippen molar-refractivity contribution in [1.82, 2.24) is 9.88 Å². The van der Waals surface area contributed by atoms with E-state index in [4.69, 9.17) is 16.0 Å². The van der Waals surface area contributed by atoms with Gasteiger partial charge in [-0.2, -0.15) is 0 Å². The second-order valence-electron chi connectivity index (χ2n) is 3.67. The molecule has 0 aliphatic heterocycles. The number of halogens is 1. The zero-order chi connectivity index (χ0) is 13.0. The van der Waals surface area contributed by atoms with Crippen molar-refractivity contribution in [2.75, 3.05) is 0 Å². The van der Waals surface area contributed by atoms with Gasteiger partial charge >= 0.3 is 0 Å². The molecule has 18 heavy (non-hydrogen) atoms. The van der Waals surface area contributed by atoms with Gasteiger partial charge in [-0.3, -0.25) is 9.59 Å². The van der Waals surface area contributed by atoms with Gasteiger partial charge in [-0.05, 0) is 18.2 Å². The third kappa shape index (κ3) is 3.24. The van der Waals surface area contributed by atoms with Gasteiger partial charge < -0.3 is 14.3 Å². The third-order valence-electron chi connectivity index (χ3n) is 2.30. The molecule has 1 amide bonds. The van der Waals surface area contributed by atoms with Crippen LogP contribution < -0.4 is 10.9 Å². The Morgan fingerprint density at radius 3 is 2.94 bits per heavy atom.